The predicted molar refractivity (Wildman–Crippen MR) is 128 cm³/mol. The Morgan fingerprint density at radius 3 is 1.94 bits per heavy atom. The molecule has 1 aliphatic rings. The lowest BCUT2D eigenvalue weighted by Crippen LogP contribution is -2.54. The van der Waals surface area contributed by atoms with Crippen molar-refractivity contribution < 1.29 is 19.6 Å². The van der Waals surface area contributed by atoms with E-state index >= 15 is 0 Å². The molecule has 34 heavy (non-hydrogen) atoms. The van der Waals surface area contributed by atoms with Gasteiger partial charge in [0.05, 0.1) is 0 Å². The van der Waals surface area contributed by atoms with E-state index in [4.69, 9.17) is 5.21 Å². The van der Waals surface area contributed by atoms with Crippen LogP contribution in [0.15, 0.2) is 48.5 Å². The minimum Gasteiger partial charge on any atom is -0.369 e. The molecule has 1 unspecified atom stereocenters. The van der Waals surface area contributed by atoms with Gasteiger partial charge in [0.2, 0.25) is 0 Å². The highest BCUT2D eigenvalue weighted by molar-refractivity contribution is 6.08. The van der Waals surface area contributed by atoms with Crippen LogP contribution in [0.1, 0.15) is 21.5 Å². The van der Waals surface area contributed by atoms with Crippen molar-refractivity contribution in [3.8, 4) is 11.8 Å². The molecule has 0 aliphatic carbocycles. The van der Waals surface area contributed by atoms with Gasteiger partial charge in [-0.3, -0.25) is 19.6 Å². The predicted octanol–water partition coefficient (Wildman–Crippen LogP) is 0.530. The number of likely N-dealkylation sites (N-methyl/N-ethyl adjacent to an activating group) is 3. The molecule has 2 aromatic rings. The SMILES string of the molecule is CNC(=O)C(C(=O)NO)N(C)C(=O)c1ccc(C#Cc2ccc(N3CCN(C)CC3)cc2)cc1. The van der Waals surface area contributed by atoms with Crippen molar-refractivity contribution in [3.05, 3.63) is 65.2 Å². The van der Waals surface area contributed by atoms with Gasteiger partial charge in [-0.15, -0.1) is 0 Å². The molecule has 9 heteroatoms. The first kappa shape index (κ1) is 24.8. The van der Waals surface area contributed by atoms with E-state index in [1.54, 1.807) is 24.3 Å². The van der Waals surface area contributed by atoms with E-state index in [0.717, 1.165) is 42.2 Å². The molecule has 3 amide bonds. The quantitative estimate of drug-likeness (QED) is 0.259. The minimum atomic E-state index is -1.50. The molecule has 0 radical (unpaired) electrons. The summed E-state index contributed by atoms with van der Waals surface area (Å²) in [5.74, 6) is 3.94. The van der Waals surface area contributed by atoms with Gasteiger partial charge < -0.3 is 20.0 Å². The lowest BCUT2D eigenvalue weighted by atomic mass is 10.1. The van der Waals surface area contributed by atoms with Crippen LogP contribution in [0.2, 0.25) is 0 Å². The maximum Gasteiger partial charge on any atom is 0.275 e. The summed E-state index contributed by atoms with van der Waals surface area (Å²) in [6.45, 7) is 4.13. The number of hydroxylamine groups is 1. The van der Waals surface area contributed by atoms with Crippen LogP contribution in [0.4, 0.5) is 5.69 Å². The first-order valence-electron chi connectivity index (χ1n) is 10.9. The maximum absolute atomic E-state index is 12.7. The second kappa shape index (κ2) is 11.3. The van der Waals surface area contributed by atoms with Gasteiger partial charge in [0.15, 0.2) is 6.04 Å². The number of carbonyl (C=O) groups excluding carboxylic acids is 3. The lowest BCUT2D eigenvalue weighted by molar-refractivity contribution is -0.140. The second-order valence-electron chi connectivity index (χ2n) is 8.07. The summed E-state index contributed by atoms with van der Waals surface area (Å²) >= 11 is 0. The average molecular weight is 464 g/mol. The van der Waals surface area contributed by atoms with Gasteiger partial charge in [-0.25, -0.2) is 5.48 Å². The van der Waals surface area contributed by atoms with Crippen LogP contribution in [0, 0.1) is 11.8 Å². The molecule has 0 saturated carbocycles. The number of carbonyl (C=O) groups is 3. The van der Waals surface area contributed by atoms with E-state index in [2.05, 4.69) is 46.1 Å². The molecule has 1 fully saturated rings. The number of benzene rings is 2. The van der Waals surface area contributed by atoms with Gasteiger partial charge in [0.25, 0.3) is 17.7 Å². The van der Waals surface area contributed by atoms with Crippen molar-refractivity contribution >= 4 is 23.4 Å². The number of anilines is 1. The number of hydrogen-bond acceptors (Lipinski definition) is 6. The summed E-state index contributed by atoms with van der Waals surface area (Å²) in [7, 11) is 4.79. The van der Waals surface area contributed by atoms with Gasteiger partial charge in [-0.1, -0.05) is 11.8 Å². The largest absolute Gasteiger partial charge is 0.369 e. The number of rotatable bonds is 5. The third kappa shape index (κ3) is 5.92. The molecule has 178 valence electrons. The van der Waals surface area contributed by atoms with Crippen molar-refractivity contribution in [3.63, 3.8) is 0 Å². The molecule has 1 atom stereocenters. The highest BCUT2D eigenvalue weighted by Crippen LogP contribution is 2.17. The van der Waals surface area contributed by atoms with Crippen LogP contribution < -0.4 is 15.7 Å². The minimum absolute atomic E-state index is 0.282. The Hall–Kier alpha value is -3.87. The van der Waals surface area contributed by atoms with Crippen LogP contribution >= 0.6 is 0 Å². The first-order valence-corrected chi connectivity index (χ1v) is 10.9. The van der Waals surface area contributed by atoms with Crippen LogP contribution in [-0.4, -0.2) is 86.1 Å². The van der Waals surface area contributed by atoms with Crippen molar-refractivity contribution in [2.24, 2.45) is 0 Å². The Labute approximate surface area is 199 Å². The summed E-state index contributed by atoms with van der Waals surface area (Å²) < 4.78 is 0. The summed E-state index contributed by atoms with van der Waals surface area (Å²) in [4.78, 5) is 42.2. The van der Waals surface area contributed by atoms with Crippen LogP contribution in [0.3, 0.4) is 0 Å². The zero-order valence-electron chi connectivity index (χ0n) is 19.5. The molecular formula is C25H29N5O4. The highest BCUT2D eigenvalue weighted by atomic mass is 16.5. The monoisotopic (exact) mass is 463 g/mol. The molecule has 0 aromatic heterocycles. The summed E-state index contributed by atoms with van der Waals surface area (Å²) in [5.41, 5.74) is 4.50. The second-order valence-corrected chi connectivity index (χ2v) is 8.07. The Bertz CT molecular complexity index is 1070. The van der Waals surface area contributed by atoms with E-state index in [1.807, 2.05) is 12.1 Å². The normalized spacial score (nSPS) is 14.4. The summed E-state index contributed by atoms with van der Waals surface area (Å²) in [6, 6.07) is 13.2. The number of nitrogens with one attached hydrogen (secondary N) is 2. The van der Waals surface area contributed by atoms with E-state index in [9.17, 15) is 14.4 Å². The number of nitrogens with zero attached hydrogens (tertiary/aromatic N) is 3. The standard InChI is InChI=1S/C25H29N5O4/c1-26-23(31)22(24(32)27-34)29(3)25(33)20-10-6-18(7-11-20)4-5-19-8-12-21(13-9-19)30-16-14-28(2)15-17-30/h6-13,22,34H,14-17H2,1-3H3,(H,26,31)(H,27,32). The molecule has 0 spiro atoms. The van der Waals surface area contributed by atoms with Crippen molar-refractivity contribution in [2.75, 3.05) is 52.2 Å². The topological polar surface area (TPSA) is 105 Å². The van der Waals surface area contributed by atoms with Gasteiger partial charge in [-0.05, 0) is 55.6 Å². The van der Waals surface area contributed by atoms with E-state index < -0.39 is 23.8 Å². The fourth-order valence-corrected chi connectivity index (χ4v) is 3.65. The molecule has 3 N–H and O–H groups in total. The fraction of sp³-hybridized carbons (Fsp3) is 0.320. The van der Waals surface area contributed by atoms with Gasteiger partial charge in [0.1, 0.15) is 0 Å². The van der Waals surface area contributed by atoms with E-state index in [1.165, 1.54) is 25.3 Å². The average Bonchev–Trinajstić information content (AvgIpc) is 2.87. The molecule has 0 bridgehead atoms. The molecule has 1 heterocycles. The number of piperazine rings is 1. The Kier molecular flexibility index (Phi) is 8.24. The van der Waals surface area contributed by atoms with E-state index in [0.29, 0.717) is 0 Å². The first-order chi connectivity index (χ1) is 16.3. The smallest absolute Gasteiger partial charge is 0.275 e. The summed E-state index contributed by atoms with van der Waals surface area (Å²) in [5, 5.41) is 11.2. The van der Waals surface area contributed by atoms with Crippen molar-refractivity contribution in [1.82, 2.24) is 20.6 Å². The third-order valence-corrected chi connectivity index (χ3v) is 5.78. The van der Waals surface area contributed by atoms with Gasteiger partial charge in [0, 0.05) is 62.7 Å². The lowest BCUT2D eigenvalue weighted by Gasteiger charge is -2.34. The van der Waals surface area contributed by atoms with Gasteiger partial charge >= 0.3 is 0 Å². The molecule has 3 rings (SSSR count). The number of hydrogen-bond donors (Lipinski definition) is 3. The zero-order valence-corrected chi connectivity index (χ0v) is 19.5. The molecule has 2 aromatic carbocycles. The van der Waals surface area contributed by atoms with Crippen molar-refractivity contribution in [1.29, 1.82) is 0 Å². The van der Waals surface area contributed by atoms with E-state index in [-0.39, 0.29) is 5.56 Å². The third-order valence-electron chi connectivity index (χ3n) is 5.78. The Morgan fingerprint density at radius 2 is 1.44 bits per heavy atom. The number of amides is 3. The zero-order chi connectivity index (χ0) is 24.7. The molecule has 9 nitrogen and oxygen atoms in total. The Balaban J connectivity index is 1.66. The van der Waals surface area contributed by atoms with Crippen molar-refractivity contribution in [2.45, 2.75) is 6.04 Å². The molecular weight excluding hydrogens is 434 g/mol. The van der Waals surface area contributed by atoms with Crippen LogP contribution in [0.25, 0.3) is 0 Å². The van der Waals surface area contributed by atoms with Crippen LogP contribution in [0.5, 0.6) is 0 Å². The summed E-state index contributed by atoms with van der Waals surface area (Å²) in [6.07, 6.45) is 0. The maximum atomic E-state index is 12.7. The van der Waals surface area contributed by atoms with Gasteiger partial charge in [-0.2, -0.15) is 0 Å². The Morgan fingerprint density at radius 1 is 0.912 bits per heavy atom. The molecule has 1 saturated heterocycles. The highest BCUT2D eigenvalue weighted by Gasteiger charge is 2.33. The fourth-order valence-electron chi connectivity index (χ4n) is 3.65. The molecule has 1 aliphatic heterocycles. The van der Waals surface area contributed by atoms with Crippen LogP contribution in [-0.2, 0) is 9.59 Å².